The minimum atomic E-state index is -0.307. The first-order valence-corrected chi connectivity index (χ1v) is 6.73. The maximum Gasteiger partial charge on any atom is 0.324 e. The molecule has 2 heterocycles. The molecule has 0 aromatic carbocycles. The van der Waals surface area contributed by atoms with Gasteiger partial charge >= 0.3 is 5.00 Å². The van der Waals surface area contributed by atoms with Crippen LogP contribution >= 0.6 is 11.3 Å². The van der Waals surface area contributed by atoms with E-state index in [1.165, 1.54) is 11.3 Å². The lowest BCUT2D eigenvalue weighted by Crippen LogP contribution is -2.44. The number of hydrogen-bond donors (Lipinski definition) is 1. The molecule has 94 valence electrons. The number of hydrogen-bond acceptors (Lipinski definition) is 5. The maximum absolute atomic E-state index is 10.7. The van der Waals surface area contributed by atoms with Crippen molar-refractivity contribution in [1.82, 2.24) is 10.2 Å². The second kappa shape index (κ2) is 5.57. The normalized spacial score (nSPS) is 19.1. The monoisotopic (exact) mass is 255 g/mol. The number of rotatable bonds is 4. The number of nitro groups is 1. The second-order valence-electron chi connectivity index (χ2n) is 4.14. The molecule has 1 aliphatic rings. The van der Waals surface area contributed by atoms with Crippen LogP contribution in [-0.4, -0.2) is 36.0 Å². The summed E-state index contributed by atoms with van der Waals surface area (Å²) in [4.78, 5) is 13.9. The molecular weight excluding hydrogens is 238 g/mol. The van der Waals surface area contributed by atoms with Gasteiger partial charge in [-0.2, -0.15) is 0 Å². The van der Waals surface area contributed by atoms with Gasteiger partial charge in [0.15, 0.2) is 0 Å². The van der Waals surface area contributed by atoms with E-state index < -0.39 is 0 Å². The Labute approximate surface area is 105 Å². The number of nitrogens with one attached hydrogen (secondary N) is 1. The number of nitrogens with zero attached hydrogens (tertiary/aromatic N) is 2. The van der Waals surface area contributed by atoms with Gasteiger partial charge in [-0.25, -0.2) is 0 Å². The van der Waals surface area contributed by atoms with E-state index in [1.807, 2.05) is 6.07 Å². The van der Waals surface area contributed by atoms with E-state index in [-0.39, 0.29) is 9.92 Å². The van der Waals surface area contributed by atoms with Crippen molar-refractivity contribution in [2.45, 2.75) is 19.4 Å². The number of piperazine rings is 1. The Hall–Kier alpha value is -0.980. The first kappa shape index (κ1) is 12.5. The SMILES string of the molecule is CC[C@H](c1ccc([N+](=O)[O-])s1)N1CCNCC1. The molecule has 1 aromatic heterocycles. The average molecular weight is 255 g/mol. The Balaban J connectivity index is 2.12. The van der Waals surface area contributed by atoms with Crippen LogP contribution in [0.25, 0.3) is 0 Å². The Bertz CT molecular complexity index is 388. The minimum absolute atomic E-state index is 0.244. The molecule has 1 aromatic rings. The van der Waals surface area contributed by atoms with Gasteiger partial charge in [-0.15, -0.1) is 0 Å². The molecule has 6 heteroatoms. The highest BCUT2D eigenvalue weighted by molar-refractivity contribution is 7.15. The molecule has 17 heavy (non-hydrogen) atoms. The molecule has 5 nitrogen and oxygen atoms in total. The van der Waals surface area contributed by atoms with Gasteiger partial charge in [-0.1, -0.05) is 18.3 Å². The molecule has 0 unspecified atom stereocenters. The largest absolute Gasteiger partial charge is 0.324 e. The molecule has 1 atom stereocenters. The molecule has 1 saturated heterocycles. The van der Waals surface area contributed by atoms with Crippen LogP contribution in [0.15, 0.2) is 12.1 Å². The minimum Gasteiger partial charge on any atom is -0.314 e. The molecule has 0 bridgehead atoms. The average Bonchev–Trinajstić information content (AvgIpc) is 2.81. The molecule has 0 aliphatic carbocycles. The third-order valence-corrected chi connectivity index (χ3v) is 4.24. The Morgan fingerprint density at radius 3 is 2.76 bits per heavy atom. The molecule has 0 radical (unpaired) electrons. The fourth-order valence-corrected chi connectivity index (χ4v) is 3.29. The highest BCUT2D eigenvalue weighted by Crippen LogP contribution is 2.33. The molecule has 1 aliphatic heterocycles. The molecule has 1 fully saturated rings. The lowest BCUT2D eigenvalue weighted by molar-refractivity contribution is -0.380. The van der Waals surface area contributed by atoms with E-state index in [0.717, 1.165) is 37.5 Å². The van der Waals surface area contributed by atoms with Gasteiger partial charge in [0.25, 0.3) is 0 Å². The zero-order chi connectivity index (χ0) is 12.3. The lowest BCUT2D eigenvalue weighted by atomic mass is 10.1. The smallest absolute Gasteiger partial charge is 0.314 e. The second-order valence-corrected chi connectivity index (χ2v) is 5.24. The Morgan fingerprint density at radius 2 is 2.24 bits per heavy atom. The third kappa shape index (κ3) is 2.83. The third-order valence-electron chi connectivity index (χ3n) is 3.10. The summed E-state index contributed by atoms with van der Waals surface area (Å²) < 4.78 is 0. The van der Waals surface area contributed by atoms with E-state index in [0.29, 0.717) is 6.04 Å². The topological polar surface area (TPSA) is 58.4 Å². The van der Waals surface area contributed by atoms with Crippen LogP contribution < -0.4 is 5.32 Å². The van der Waals surface area contributed by atoms with E-state index in [1.54, 1.807) is 6.07 Å². The molecule has 2 rings (SSSR count). The summed E-state index contributed by atoms with van der Waals surface area (Å²) in [7, 11) is 0. The molecule has 1 N–H and O–H groups in total. The summed E-state index contributed by atoms with van der Waals surface area (Å²) in [6.45, 7) is 6.18. The summed E-state index contributed by atoms with van der Waals surface area (Å²) in [5, 5.41) is 14.3. The van der Waals surface area contributed by atoms with Crippen molar-refractivity contribution < 1.29 is 4.92 Å². The predicted molar refractivity (Wildman–Crippen MR) is 68.4 cm³/mol. The maximum atomic E-state index is 10.7. The van der Waals surface area contributed by atoms with E-state index in [9.17, 15) is 10.1 Å². The quantitative estimate of drug-likeness (QED) is 0.660. The van der Waals surface area contributed by atoms with Crippen molar-refractivity contribution in [2.75, 3.05) is 26.2 Å². The number of thiophene rings is 1. The van der Waals surface area contributed by atoms with Crippen molar-refractivity contribution >= 4 is 16.3 Å². The summed E-state index contributed by atoms with van der Waals surface area (Å²) in [5.74, 6) is 0. The van der Waals surface area contributed by atoms with E-state index in [4.69, 9.17) is 0 Å². The van der Waals surface area contributed by atoms with Crippen LogP contribution in [0.1, 0.15) is 24.3 Å². The Kier molecular flexibility index (Phi) is 4.09. The van der Waals surface area contributed by atoms with Crippen LogP contribution in [0.3, 0.4) is 0 Å². The standard InChI is InChI=1S/C11H17N3O2S/c1-2-9(13-7-5-12-6-8-13)10-3-4-11(17-10)14(15)16/h3-4,9,12H,2,5-8H2,1H3/t9-/m1/s1. The summed E-state index contributed by atoms with van der Waals surface area (Å²) >= 11 is 1.31. The highest BCUT2D eigenvalue weighted by atomic mass is 32.1. The van der Waals surface area contributed by atoms with Crippen LogP contribution in [0.4, 0.5) is 5.00 Å². The lowest BCUT2D eigenvalue weighted by Gasteiger charge is -2.33. The molecule has 0 spiro atoms. The Morgan fingerprint density at radius 1 is 1.53 bits per heavy atom. The van der Waals surface area contributed by atoms with Gasteiger partial charge < -0.3 is 5.32 Å². The van der Waals surface area contributed by atoms with Crippen LogP contribution in [-0.2, 0) is 0 Å². The van der Waals surface area contributed by atoms with Crippen LogP contribution in [0, 0.1) is 10.1 Å². The summed E-state index contributed by atoms with van der Waals surface area (Å²) in [6.07, 6.45) is 0.998. The van der Waals surface area contributed by atoms with Crippen LogP contribution in [0.2, 0.25) is 0 Å². The van der Waals surface area contributed by atoms with Crippen molar-refractivity contribution in [1.29, 1.82) is 0 Å². The first-order valence-electron chi connectivity index (χ1n) is 5.91. The van der Waals surface area contributed by atoms with Crippen LogP contribution in [0.5, 0.6) is 0 Å². The van der Waals surface area contributed by atoms with Crippen molar-refractivity contribution in [3.05, 3.63) is 27.1 Å². The molecule has 0 saturated carbocycles. The van der Waals surface area contributed by atoms with E-state index >= 15 is 0 Å². The van der Waals surface area contributed by atoms with Gasteiger partial charge in [0, 0.05) is 43.2 Å². The first-order chi connectivity index (χ1) is 8.22. The fourth-order valence-electron chi connectivity index (χ4n) is 2.25. The van der Waals surface area contributed by atoms with Gasteiger partial charge in [-0.05, 0) is 12.5 Å². The molecular formula is C11H17N3O2S. The zero-order valence-electron chi connectivity index (χ0n) is 9.89. The van der Waals surface area contributed by atoms with Crippen molar-refractivity contribution in [3.8, 4) is 0 Å². The summed E-state index contributed by atoms with van der Waals surface area (Å²) in [6, 6.07) is 3.85. The summed E-state index contributed by atoms with van der Waals surface area (Å²) in [5.41, 5.74) is 0. The van der Waals surface area contributed by atoms with Crippen molar-refractivity contribution in [3.63, 3.8) is 0 Å². The highest BCUT2D eigenvalue weighted by Gasteiger charge is 2.23. The van der Waals surface area contributed by atoms with Gasteiger partial charge in [-0.3, -0.25) is 15.0 Å². The van der Waals surface area contributed by atoms with E-state index in [2.05, 4.69) is 17.1 Å². The van der Waals surface area contributed by atoms with Gasteiger partial charge in [0.2, 0.25) is 0 Å². The van der Waals surface area contributed by atoms with Crippen molar-refractivity contribution in [2.24, 2.45) is 0 Å². The predicted octanol–water partition coefficient (Wildman–Crippen LogP) is 2.01. The van der Waals surface area contributed by atoms with Gasteiger partial charge in [0.1, 0.15) is 0 Å². The molecule has 0 amide bonds. The zero-order valence-corrected chi connectivity index (χ0v) is 10.7. The van der Waals surface area contributed by atoms with Gasteiger partial charge in [0.05, 0.1) is 4.92 Å². The fraction of sp³-hybridized carbons (Fsp3) is 0.636.